The zero-order valence-electron chi connectivity index (χ0n) is 16.2. The van der Waals surface area contributed by atoms with E-state index in [1.165, 1.54) is 12.7 Å². The van der Waals surface area contributed by atoms with Crippen LogP contribution in [0.25, 0.3) is 0 Å². The Labute approximate surface area is 157 Å². The topological polar surface area (TPSA) is 118 Å². The third kappa shape index (κ3) is 8.35. The van der Waals surface area contributed by atoms with E-state index < -0.39 is 5.79 Å². The van der Waals surface area contributed by atoms with Crippen molar-refractivity contribution in [2.45, 2.75) is 71.0 Å². The van der Waals surface area contributed by atoms with E-state index in [4.69, 9.17) is 25.7 Å². The van der Waals surface area contributed by atoms with Crippen molar-refractivity contribution >= 4 is 0 Å². The zero-order valence-corrected chi connectivity index (χ0v) is 16.2. The molecule has 26 heavy (non-hydrogen) atoms. The second-order valence-electron chi connectivity index (χ2n) is 6.14. The smallest absolute Gasteiger partial charge is 0.321 e. The summed E-state index contributed by atoms with van der Waals surface area (Å²) < 4.78 is 17.9. The number of nitrogens with zero attached hydrogens (tertiary/aromatic N) is 3. The van der Waals surface area contributed by atoms with Gasteiger partial charge in [-0.1, -0.05) is 39.5 Å². The van der Waals surface area contributed by atoms with Gasteiger partial charge in [0.1, 0.15) is 12.7 Å². The first-order valence-electron chi connectivity index (χ1n) is 9.59. The summed E-state index contributed by atoms with van der Waals surface area (Å²) in [5.41, 5.74) is 12.0. The van der Waals surface area contributed by atoms with Crippen molar-refractivity contribution in [3.05, 3.63) is 18.9 Å². The molecule has 8 heteroatoms. The van der Waals surface area contributed by atoms with Crippen LogP contribution >= 0.6 is 0 Å². The first-order valence-corrected chi connectivity index (χ1v) is 9.59. The minimum absolute atomic E-state index is 0.102. The molecule has 0 aliphatic rings. The van der Waals surface area contributed by atoms with Crippen LogP contribution in [0, 0.1) is 6.23 Å². The fourth-order valence-electron chi connectivity index (χ4n) is 2.42. The Bertz CT molecular complexity index is 438. The summed E-state index contributed by atoms with van der Waals surface area (Å²) in [4.78, 5) is 11.7. The molecular formula is C18H34N5O3. The molecule has 0 saturated carbocycles. The summed E-state index contributed by atoms with van der Waals surface area (Å²) in [6.45, 7) is 5.87. The molecule has 1 radical (unpaired) electrons. The van der Waals surface area contributed by atoms with Crippen LogP contribution in [0.3, 0.4) is 0 Å². The SMILES string of the molecule is CCCCCOC(CCCN)(OCCCCC)[C](N)Oc1ncncn1. The van der Waals surface area contributed by atoms with E-state index in [2.05, 4.69) is 28.8 Å². The first-order chi connectivity index (χ1) is 12.7. The predicted molar refractivity (Wildman–Crippen MR) is 99.9 cm³/mol. The van der Waals surface area contributed by atoms with Gasteiger partial charge in [0.15, 0.2) is 0 Å². The van der Waals surface area contributed by atoms with Gasteiger partial charge in [-0.3, -0.25) is 5.73 Å². The highest BCUT2D eigenvalue weighted by Crippen LogP contribution is 2.30. The summed E-state index contributed by atoms with van der Waals surface area (Å²) in [5.74, 6) is -1.15. The van der Waals surface area contributed by atoms with E-state index in [9.17, 15) is 0 Å². The average molecular weight is 369 g/mol. The molecule has 8 nitrogen and oxygen atoms in total. The summed E-state index contributed by atoms with van der Waals surface area (Å²) >= 11 is 0. The fourth-order valence-corrected chi connectivity index (χ4v) is 2.42. The van der Waals surface area contributed by atoms with Crippen LogP contribution in [-0.4, -0.2) is 40.5 Å². The first kappa shape index (κ1) is 22.7. The van der Waals surface area contributed by atoms with Crippen molar-refractivity contribution < 1.29 is 14.2 Å². The van der Waals surface area contributed by atoms with Crippen LogP contribution in [0.5, 0.6) is 6.01 Å². The summed E-state index contributed by atoms with van der Waals surface area (Å²) in [6.07, 6.45) is 10.2. The molecule has 0 amide bonds. The molecule has 0 fully saturated rings. The minimum atomic E-state index is -1.15. The van der Waals surface area contributed by atoms with Gasteiger partial charge in [0.25, 0.3) is 6.23 Å². The molecule has 0 spiro atoms. The number of ether oxygens (including phenoxy) is 3. The second kappa shape index (κ2) is 13.8. The second-order valence-corrected chi connectivity index (χ2v) is 6.14. The van der Waals surface area contributed by atoms with Gasteiger partial charge in [-0.15, -0.1) is 0 Å². The molecule has 1 rings (SSSR count). The van der Waals surface area contributed by atoms with E-state index in [0.29, 0.717) is 32.6 Å². The number of hydrogen-bond donors (Lipinski definition) is 2. The molecule has 0 atom stereocenters. The summed E-state index contributed by atoms with van der Waals surface area (Å²) in [6, 6.07) is 0.115. The van der Waals surface area contributed by atoms with Gasteiger partial charge in [-0.25, -0.2) is 4.98 Å². The van der Waals surface area contributed by atoms with Crippen molar-refractivity contribution in [1.29, 1.82) is 0 Å². The lowest BCUT2D eigenvalue weighted by atomic mass is 10.1. The third-order valence-electron chi connectivity index (χ3n) is 3.92. The fraction of sp³-hybridized carbons (Fsp3) is 0.778. The number of aromatic nitrogens is 3. The maximum atomic E-state index is 6.26. The number of hydrogen-bond acceptors (Lipinski definition) is 8. The Balaban J connectivity index is 2.83. The number of rotatable bonds is 16. The Morgan fingerprint density at radius 3 is 2.04 bits per heavy atom. The number of nitrogens with two attached hydrogens (primary N) is 2. The average Bonchev–Trinajstić information content (AvgIpc) is 2.67. The summed E-state index contributed by atoms with van der Waals surface area (Å²) in [7, 11) is 0. The van der Waals surface area contributed by atoms with Crippen LogP contribution in [0.4, 0.5) is 0 Å². The predicted octanol–water partition coefficient (Wildman–Crippen LogP) is 2.55. The van der Waals surface area contributed by atoms with Gasteiger partial charge in [0, 0.05) is 6.42 Å². The van der Waals surface area contributed by atoms with Crippen molar-refractivity contribution in [3.63, 3.8) is 0 Å². The van der Waals surface area contributed by atoms with Crippen LogP contribution in [0.15, 0.2) is 12.7 Å². The van der Waals surface area contributed by atoms with E-state index in [0.717, 1.165) is 38.5 Å². The molecular weight excluding hydrogens is 334 g/mol. The molecule has 1 heterocycles. The molecule has 1 aromatic heterocycles. The Hall–Kier alpha value is -1.35. The monoisotopic (exact) mass is 368 g/mol. The Morgan fingerprint density at radius 2 is 1.54 bits per heavy atom. The third-order valence-corrected chi connectivity index (χ3v) is 3.92. The highest BCUT2D eigenvalue weighted by Gasteiger charge is 2.43. The van der Waals surface area contributed by atoms with E-state index in [-0.39, 0.29) is 12.2 Å². The summed E-state index contributed by atoms with van der Waals surface area (Å²) in [5, 5.41) is 0. The van der Waals surface area contributed by atoms with E-state index in [1.54, 1.807) is 0 Å². The lowest BCUT2D eigenvalue weighted by Crippen LogP contribution is -2.50. The molecule has 0 aliphatic heterocycles. The van der Waals surface area contributed by atoms with Gasteiger partial charge in [-0.05, 0) is 25.8 Å². The normalized spacial score (nSPS) is 11.9. The maximum absolute atomic E-state index is 6.26. The molecule has 0 bridgehead atoms. The van der Waals surface area contributed by atoms with Gasteiger partial charge in [0.05, 0.1) is 13.2 Å². The van der Waals surface area contributed by atoms with Crippen LogP contribution < -0.4 is 16.2 Å². The van der Waals surface area contributed by atoms with Crippen LogP contribution in [-0.2, 0) is 9.47 Å². The molecule has 4 N–H and O–H groups in total. The zero-order chi connectivity index (χ0) is 19.1. The van der Waals surface area contributed by atoms with E-state index >= 15 is 0 Å². The highest BCUT2D eigenvalue weighted by atomic mass is 16.7. The largest absolute Gasteiger partial charge is 0.430 e. The quantitative estimate of drug-likeness (QED) is 0.337. The maximum Gasteiger partial charge on any atom is 0.321 e. The Morgan fingerprint density at radius 1 is 0.962 bits per heavy atom. The lowest BCUT2D eigenvalue weighted by molar-refractivity contribution is -0.251. The van der Waals surface area contributed by atoms with Crippen LogP contribution in [0.2, 0.25) is 0 Å². The van der Waals surface area contributed by atoms with E-state index in [1.807, 2.05) is 0 Å². The Kier molecular flexibility index (Phi) is 12.0. The lowest BCUT2D eigenvalue weighted by Gasteiger charge is -2.36. The highest BCUT2D eigenvalue weighted by molar-refractivity contribution is 5.00. The number of unbranched alkanes of at least 4 members (excludes halogenated alkanes) is 4. The standard InChI is InChI=1S/C18H34N5O3/c1-3-5-7-12-24-18(10-9-11-19,25-13-8-6-4-2)16(20)26-17-22-14-21-15-23-17/h14-15H,3-13,19-20H2,1-2H3. The van der Waals surface area contributed by atoms with Crippen molar-refractivity contribution in [1.82, 2.24) is 15.0 Å². The molecule has 0 saturated heterocycles. The molecule has 0 unspecified atom stereocenters. The van der Waals surface area contributed by atoms with Gasteiger partial charge < -0.3 is 19.9 Å². The molecule has 0 aliphatic carbocycles. The van der Waals surface area contributed by atoms with Gasteiger partial charge >= 0.3 is 6.01 Å². The molecule has 0 aromatic carbocycles. The van der Waals surface area contributed by atoms with Crippen molar-refractivity contribution in [2.24, 2.45) is 11.5 Å². The van der Waals surface area contributed by atoms with Gasteiger partial charge in [0.2, 0.25) is 5.79 Å². The van der Waals surface area contributed by atoms with Crippen LogP contribution in [0.1, 0.15) is 65.2 Å². The molecule has 1 aromatic rings. The van der Waals surface area contributed by atoms with Gasteiger partial charge in [-0.2, -0.15) is 9.97 Å². The minimum Gasteiger partial charge on any atom is -0.430 e. The van der Waals surface area contributed by atoms with Crippen molar-refractivity contribution in [2.75, 3.05) is 19.8 Å². The molecule has 149 valence electrons. The van der Waals surface area contributed by atoms with Crippen molar-refractivity contribution in [3.8, 4) is 6.01 Å².